The molecular weight excluding hydrogens is 536 g/mol. The van der Waals surface area contributed by atoms with Gasteiger partial charge < -0.3 is 60.6 Å². The summed E-state index contributed by atoms with van der Waals surface area (Å²) < 4.78 is 56.7. The first-order valence-corrected chi connectivity index (χ1v) is 12.8. The molecule has 188 valence electrons. The second-order valence-corrected chi connectivity index (χ2v) is 10.3. The number of rotatable bonds is 15. The summed E-state index contributed by atoms with van der Waals surface area (Å²) in [6, 6.07) is 0. The van der Waals surface area contributed by atoms with E-state index in [9.17, 15) is 63.6 Å². The van der Waals surface area contributed by atoms with Crippen molar-refractivity contribution < 1.29 is 92.5 Å². The van der Waals surface area contributed by atoms with Gasteiger partial charge in [-0.25, -0.2) is 4.57 Å². The third kappa shape index (κ3) is 9.66. The Bertz CT molecular complexity index is 614. The molecule has 0 bridgehead atoms. The monoisotopic (exact) mass is 554 g/mol. The Hall–Kier alpha value is -0.0700. The predicted molar refractivity (Wildman–Crippen MR) is 87.7 cm³/mol. The molecule has 0 heterocycles. The molecule has 0 saturated heterocycles. The molecule has 0 fully saturated rings. The zero-order valence-electron chi connectivity index (χ0n) is 15.1. The molecule has 0 aromatic heterocycles. The zero-order chi connectivity index (χ0) is 25.5. The minimum atomic E-state index is -5.91. The molecule has 12 unspecified atom stereocenters. The largest absolute Gasteiger partial charge is 0.593 e. The lowest BCUT2D eigenvalue weighted by Gasteiger charge is -2.29. The molecule has 23 heteroatoms. The van der Waals surface area contributed by atoms with Crippen LogP contribution in [0.15, 0.2) is 0 Å². The summed E-state index contributed by atoms with van der Waals surface area (Å²) >= 11 is 0. The fraction of sp³-hybridized carbons (Fsp3) is 1.00. The first-order valence-electron chi connectivity index (χ1n) is 7.63. The van der Waals surface area contributed by atoms with Crippen molar-refractivity contribution in [3.8, 4) is 0 Å². The molecule has 0 radical (unpaired) electrons. The number of phosphoric ester groups is 1. The van der Waals surface area contributed by atoms with Gasteiger partial charge in [0.05, 0.1) is 0 Å². The van der Waals surface area contributed by atoms with Crippen molar-refractivity contribution in [3.05, 3.63) is 0 Å². The standard InChI is InChI=1S/C9H18O19P4/c10-1(7(16)29(19)20)4(13)26-32(25,27-5(14)2(11)8(17)30(21)22)28-6(15)3(12)9(18)31(23)24/h1-18H. The van der Waals surface area contributed by atoms with Gasteiger partial charge in [-0.2, -0.15) is 0 Å². The third-order valence-electron chi connectivity index (χ3n) is 3.15. The van der Waals surface area contributed by atoms with Crippen LogP contribution in [0.1, 0.15) is 0 Å². The maximum Gasteiger partial charge on any atom is 0.482 e. The van der Waals surface area contributed by atoms with Crippen LogP contribution in [0.3, 0.4) is 0 Å². The molecule has 32 heavy (non-hydrogen) atoms. The predicted octanol–water partition coefficient (Wildman–Crippen LogP) is -6.55. The van der Waals surface area contributed by atoms with Crippen LogP contribution in [0.2, 0.25) is 0 Å². The highest BCUT2D eigenvalue weighted by atomic mass is 31.2. The lowest BCUT2D eigenvalue weighted by Crippen LogP contribution is -2.42. The molecule has 0 amide bonds. The van der Waals surface area contributed by atoms with E-state index in [2.05, 4.69) is 13.6 Å². The summed E-state index contributed by atoms with van der Waals surface area (Å²) in [7, 11) is -17.5. The molecule has 19 nitrogen and oxygen atoms in total. The van der Waals surface area contributed by atoms with Crippen molar-refractivity contribution in [1.82, 2.24) is 0 Å². The highest BCUT2D eigenvalue weighted by Gasteiger charge is 2.47. The van der Waals surface area contributed by atoms with E-state index in [1.807, 2.05) is 0 Å². The maximum atomic E-state index is 12.6. The quantitative estimate of drug-likeness (QED) is 0.0670. The molecule has 9 N–H and O–H groups in total. The molecule has 0 saturated carbocycles. The van der Waals surface area contributed by atoms with Crippen LogP contribution in [0.25, 0.3) is 0 Å². The van der Waals surface area contributed by atoms with Crippen molar-refractivity contribution in [3.63, 3.8) is 0 Å². The summed E-state index contributed by atoms with van der Waals surface area (Å²) in [6.07, 6.45) is -17.7. The fourth-order valence-electron chi connectivity index (χ4n) is 1.47. The fourth-order valence-corrected chi connectivity index (χ4v) is 3.98. The molecule has 0 spiro atoms. The lowest BCUT2D eigenvalue weighted by molar-refractivity contribution is -0.210. The number of phosphoric acid groups is 1. The van der Waals surface area contributed by atoms with Crippen molar-refractivity contribution in [2.24, 2.45) is 0 Å². The van der Waals surface area contributed by atoms with Crippen LogP contribution in [0.4, 0.5) is 0 Å². The molecule has 0 aromatic carbocycles. The summed E-state index contributed by atoms with van der Waals surface area (Å²) in [5.41, 5.74) is 0. The number of hydrogen-bond donors (Lipinski definition) is 9. The molecule has 0 aliphatic heterocycles. The topological polar surface area (TPSA) is 347 Å². The van der Waals surface area contributed by atoms with Gasteiger partial charge in [0.15, 0.2) is 37.2 Å². The summed E-state index contributed by atoms with van der Waals surface area (Å²) in [6.45, 7) is 0. The first kappa shape index (κ1) is 31.9. The molecular formula is C9H18O19P4. The van der Waals surface area contributed by atoms with E-state index < -0.39 is 86.6 Å². The Balaban J connectivity index is 5.80. The second kappa shape index (κ2) is 13.7. The first-order chi connectivity index (χ1) is 14.4. The van der Waals surface area contributed by atoms with Gasteiger partial charge in [0.25, 0.3) is 17.5 Å². The summed E-state index contributed by atoms with van der Waals surface area (Å²) in [5, 5.41) is 84.3. The van der Waals surface area contributed by atoms with E-state index >= 15 is 0 Å². The van der Waals surface area contributed by atoms with Crippen molar-refractivity contribution in [2.45, 2.75) is 54.7 Å². The van der Waals surface area contributed by atoms with E-state index in [4.69, 9.17) is 15.3 Å². The number of aliphatic hydroxyl groups is 9. The summed E-state index contributed by atoms with van der Waals surface area (Å²) in [4.78, 5) is 31.9. The minimum absolute atomic E-state index is 2.77. The number of aliphatic hydroxyl groups excluding tert-OH is 9. The van der Waals surface area contributed by atoms with Crippen molar-refractivity contribution in [2.75, 3.05) is 0 Å². The van der Waals surface area contributed by atoms with Gasteiger partial charge in [-0.05, 0) is 0 Å². The van der Waals surface area contributed by atoms with E-state index in [-0.39, 0.29) is 0 Å². The van der Waals surface area contributed by atoms with Crippen molar-refractivity contribution >= 4 is 31.9 Å². The second-order valence-electron chi connectivity index (χ2n) is 5.50. The minimum Gasteiger partial charge on any atom is -0.593 e. The van der Waals surface area contributed by atoms with Crippen LogP contribution < -0.4 is 14.7 Å². The van der Waals surface area contributed by atoms with Crippen molar-refractivity contribution in [1.29, 1.82) is 0 Å². The Morgan fingerprint density at radius 1 is 0.531 bits per heavy atom. The molecule has 0 aliphatic rings. The van der Waals surface area contributed by atoms with E-state index in [1.54, 1.807) is 0 Å². The Morgan fingerprint density at radius 2 is 0.719 bits per heavy atom. The van der Waals surface area contributed by atoms with Crippen LogP contribution in [-0.2, 0) is 31.8 Å². The van der Waals surface area contributed by atoms with E-state index in [1.165, 1.54) is 0 Å². The molecule has 0 aromatic rings. The van der Waals surface area contributed by atoms with Crippen LogP contribution in [0.5, 0.6) is 0 Å². The highest BCUT2D eigenvalue weighted by Crippen LogP contribution is 2.53. The Labute approximate surface area is 179 Å². The van der Waals surface area contributed by atoms with E-state index in [0.29, 0.717) is 0 Å². The van der Waals surface area contributed by atoms with Crippen LogP contribution in [-0.4, -0.2) is 101 Å². The number of hydrogen-bond acceptors (Lipinski definition) is 19. The summed E-state index contributed by atoms with van der Waals surface area (Å²) in [5.74, 6) is -8.30. The van der Waals surface area contributed by atoms with Gasteiger partial charge in [-0.15, -0.1) is 0 Å². The SMILES string of the molecule is O=[P+]([O-])C(O)C(O)C(O)OP(=O)(OC(O)C(O)C(O)[P+](=O)[O-])OC(O)C(O)C(O)[P+](=O)[O-]. The van der Waals surface area contributed by atoms with E-state index in [0.717, 1.165) is 0 Å². The van der Waals surface area contributed by atoms with Gasteiger partial charge >= 0.3 is 31.9 Å². The lowest BCUT2D eigenvalue weighted by atomic mass is 10.4. The smallest absolute Gasteiger partial charge is 0.482 e. The van der Waals surface area contributed by atoms with Gasteiger partial charge in [0.2, 0.25) is 0 Å². The van der Waals surface area contributed by atoms with Gasteiger partial charge in [0.1, 0.15) is 0 Å². The maximum absolute atomic E-state index is 12.6. The normalized spacial score (nSPS) is 24.1. The highest BCUT2D eigenvalue weighted by molar-refractivity contribution is 7.48. The average Bonchev–Trinajstić information content (AvgIpc) is 2.69. The van der Waals surface area contributed by atoms with Gasteiger partial charge in [-0.3, -0.25) is 13.6 Å². The molecule has 0 rings (SSSR count). The Kier molecular flexibility index (Phi) is 13.7. The van der Waals surface area contributed by atoms with Gasteiger partial charge in [0, 0.05) is 0 Å². The zero-order valence-corrected chi connectivity index (χ0v) is 18.7. The molecule has 0 aliphatic carbocycles. The van der Waals surface area contributed by atoms with Crippen LogP contribution in [0, 0.1) is 0 Å². The third-order valence-corrected chi connectivity index (χ3v) is 6.79. The Morgan fingerprint density at radius 3 is 0.875 bits per heavy atom. The van der Waals surface area contributed by atoms with Gasteiger partial charge in [-0.1, -0.05) is 13.7 Å². The van der Waals surface area contributed by atoms with Crippen LogP contribution >= 0.6 is 31.9 Å². The average molecular weight is 554 g/mol. The molecule has 12 atom stereocenters.